The first-order valence-corrected chi connectivity index (χ1v) is 7.65. The number of nitrogens with one attached hydrogen (secondary N) is 1. The maximum atomic E-state index is 5.82. The fourth-order valence-electron chi connectivity index (χ4n) is 1.99. The molecule has 0 radical (unpaired) electrons. The van der Waals surface area contributed by atoms with Crippen LogP contribution in [-0.4, -0.2) is 14.2 Å². The average Bonchev–Trinajstić information content (AvgIpc) is 2.52. The van der Waals surface area contributed by atoms with Crippen molar-refractivity contribution in [2.75, 3.05) is 14.2 Å². The summed E-state index contributed by atoms with van der Waals surface area (Å²) in [7, 11) is 3.61. The van der Waals surface area contributed by atoms with E-state index in [-0.39, 0.29) is 0 Å². The van der Waals surface area contributed by atoms with Gasteiger partial charge in [0.15, 0.2) is 0 Å². The van der Waals surface area contributed by atoms with Gasteiger partial charge in [0.25, 0.3) is 0 Å². The van der Waals surface area contributed by atoms with Gasteiger partial charge in [0.1, 0.15) is 18.1 Å². The lowest BCUT2D eigenvalue weighted by molar-refractivity contribution is 0.305. The summed E-state index contributed by atoms with van der Waals surface area (Å²) >= 11 is 3.60. The standard InChI is InChI=1S/C17H20BrNO2/c1-12(19-2)16-9-8-15(10-17(16)18)21-11-13-4-6-14(20-3)7-5-13/h4-10,12,19H,11H2,1-3H3. The Kier molecular flexibility index (Phi) is 5.65. The van der Waals surface area contributed by atoms with Crippen LogP contribution < -0.4 is 14.8 Å². The Morgan fingerprint density at radius 3 is 2.33 bits per heavy atom. The zero-order valence-electron chi connectivity index (χ0n) is 12.5. The highest BCUT2D eigenvalue weighted by atomic mass is 79.9. The predicted octanol–water partition coefficient (Wildman–Crippen LogP) is 4.32. The number of rotatable bonds is 6. The molecule has 0 aliphatic rings. The van der Waals surface area contributed by atoms with E-state index >= 15 is 0 Å². The maximum absolute atomic E-state index is 5.82. The van der Waals surface area contributed by atoms with Crippen LogP contribution in [0.1, 0.15) is 24.1 Å². The molecule has 0 amide bonds. The van der Waals surface area contributed by atoms with E-state index in [9.17, 15) is 0 Å². The highest BCUT2D eigenvalue weighted by Gasteiger charge is 2.08. The van der Waals surface area contributed by atoms with E-state index in [0.29, 0.717) is 12.6 Å². The zero-order chi connectivity index (χ0) is 15.2. The molecule has 2 rings (SSSR count). The van der Waals surface area contributed by atoms with Gasteiger partial charge in [-0.25, -0.2) is 0 Å². The second-order valence-corrected chi connectivity index (χ2v) is 5.68. The summed E-state index contributed by atoms with van der Waals surface area (Å²) in [5.41, 5.74) is 2.33. The Balaban J connectivity index is 2.01. The summed E-state index contributed by atoms with van der Waals surface area (Å²) in [6.07, 6.45) is 0. The van der Waals surface area contributed by atoms with Crippen molar-refractivity contribution in [1.29, 1.82) is 0 Å². The Hall–Kier alpha value is -1.52. The second kappa shape index (κ2) is 7.48. The molecule has 0 heterocycles. The van der Waals surface area contributed by atoms with Crippen molar-refractivity contribution in [1.82, 2.24) is 5.32 Å². The van der Waals surface area contributed by atoms with E-state index < -0.39 is 0 Å². The van der Waals surface area contributed by atoms with Crippen molar-refractivity contribution in [3.63, 3.8) is 0 Å². The molecule has 4 heteroatoms. The molecule has 0 aliphatic carbocycles. The fraction of sp³-hybridized carbons (Fsp3) is 0.294. The summed E-state index contributed by atoms with van der Waals surface area (Å²) in [5, 5.41) is 3.23. The molecule has 3 nitrogen and oxygen atoms in total. The van der Waals surface area contributed by atoms with Gasteiger partial charge in [0, 0.05) is 10.5 Å². The summed E-state index contributed by atoms with van der Waals surface area (Å²) in [5.74, 6) is 1.71. The molecule has 0 fully saturated rings. The molecule has 1 N–H and O–H groups in total. The summed E-state index contributed by atoms with van der Waals surface area (Å²) in [4.78, 5) is 0. The van der Waals surface area contributed by atoms with Gasteiger partial charge in [0.05, 0.1) is 7.11 Å². The van der Waals surface area contributed by atoms with Crippen molar-refractivity contribution in [2.24, 2.45) is 0 Å². The molecule has 21 heavy (non-hydrogen) atoms. The molecule has 1 unspecified atom stereocenters. The third-order valence-corrected chi connectivity index (χ3v) is 4.12. The molecular weight excluding hydrogens is 330 g/mol. The Labute approximate surface area is 134 Å². The minimum absolute atomic E-state index is 0.301. The number of hydrogen-bond donors (Lipinski definition) is 1. The van der Waals surface area contributed by atoms with Crippen molar-refractivity contribution in [3.05, 3.63) is 58.1 Å². The van der Waals surface area contributed by atoms with Gasteiger partial charge in [0.2, 0.25) is 0 Å². The Bertz CT molecular complexity index is 584. The first-order chi connectivity index (χ1) is 10.1. The first kappa shape index (κ1) is 15.9. The minimum atomic E-state index is 0.301. The monoisotopic (exact) mass is 349 g/mol. The van der Waals surface area contributed by atoms with Crippen molar-refractivity contribution in [3.8, 4) is 11.5 Å². The van der Waals surface area contributed by atoms with Crippen LogP contribution in [0.3, 0.4) is 0 Å². The number of ether oxygens (including phenoxy) is 2. The van der Waals surface area contributed by atoms with Crippen LogP contribution >= 0.6 is 15.9 Å². The molecule has 0 bridgehead atoms. The molecule has 0 aliphatic heterocycles. The smallest absolute Gasteiger partial charge is 0.120 e. The second-order valence-electron chi connectivity index (χ2n) is 4.83. The van der Waals surface area contributed by atoms with Crippen LogP contribution in [0.25, 0.3) is 0 Å². The van der Waals surface area contributed by atoms with Crippen molar-refractivity contribution in [2.45, 2.75) is 19.6 Å². The normalized spacial score (nSPS) is 12.0. The van der Waals surface area contributed by atoms with E-state index in [4.69, 9.17) is 9.47 Å². The van der Waals surface area contributed by atoms with E-state index in [0.717, 1.165) is 21.5 Å². The van der Waals surface area contributed by atoms with Gasteiger partial charge >= 0.3 is 0 Å². The fourth-order valence-corrected chi connectivity index (χ4v) is 2.69. The number of benzene rings is 2. The minimum Gasteiger partial charge on any atom is -0.497 e. The quantitative estimate of drug-likeness (QED) is 0.842. The summed E-state index contributed by atoms with van der Waals surface area (Å²) < 4.78 is 12.0. The molecule has 2 aromatic carbocycles. The highest BCUT2D eigenvalue weighted by molar-refractivity contribution is 9.10. The number of methoxy groups -OCH3 is 1. The van der Waals surface area contributed by atoms with E-state index in [1.807, 2.05) is 43.4 Å². The zero-order valence-corrected chi connectivity index (χ0v) is 14.1. The summed E-state index contributed by atoms with van der Waals surface area (Å²) in [6.45, 7) is 2.66. The van der Waals surface area contributed by atoms with Gasteiger partial charge in [-0.2, -0.15) is 0 Å². The number of halogens is 1. The molecule has 0 spiro atoms. The van der Waals surface area contributed by atoms with Crippen LogP contribution in [0.4, 0.5) is 0 Å². The van der Waals surface area contributed by atoms with Gasteiger partial charge < -0.3 is 14.8 Å². The van der Waals surface area contributed by atoms with E-state index in [2.05, 4.69) is 34.2 Å². The van der Waals surface area contributed by atoms with Crippen LogP contribution in [0.5, 0.6) is 11.5 Å². The molecular formula is C17H20BrNO2. The SMILES string of the molecule is CNC(C)c1ccc(OCc2ccc(OC)cc2)cc1Br. The van der Waals surface area contributed by atoms with Gasteiger partial charge in [-0.05, 0) is 49.4 Å². The molecule has 112 valence electrons. The molecule has 0 saturated heterocycles. The van der Waals surface area contributed by atoms with Gasteiger partial charge in [-0.3, -0.25) is 0 Å². The van der Waals surface area contributed by atoms with Crippen molar-refractivity contribution >= 4 is 15.9 Å². The Morgan fingerprint density at radius 2 is 1.76 bits per heavy atom. The number of hydrogen-bond acceptors (Lipinski definition) is 3. The topological polar surface area (TPSA) is 30.5 Å². The molecule has 0 saturated carbocycles. The third kappa shape index (κ3) is 4.22. The van der Waals surface area contributed by atoms with Crippen LogP contribution in [0, 0.1) is 0 Å². The van der Waals surface area contributed by atoms with Crippen molar-refractivity contribution < 1.29 is 9.47 Å². The first-order valence-electron chi connectivity index (χ1n) is 6.86. The Morgan fingerprint density at radius 1 is 1.10 bits per heavy atom. The predicted molar refractivity (Wildman–Crippen MR) is 88.9 cm³/mol. The van der Waals surface area contributed by atoms with Gasteiger partial charge in [-0.15, -0.1) is 0 Å². The highest BCUT2D eigenvalue weighted by Crippen LogP contribution is 2.28. The summed E-state index contributed by atoms with van der Waals surface area (Å²) in [6, 6.07) is 14.3. The van der Waals surface area contributed by atoms with Gasteiger partial charge in [-0.1, -0.05) is 34.1 Å². The molecule has 1 atom stereocenters. The average molecular weight is 350 g/mol. The third-order valence-electron chi connectivity index (χ3n) is 3.44. The van der Waals surface area contributed by atoms with Crippen LogP contribution in [0.15, 0.2) is 46.9 Å². The lowest BCUT2D eigenvalue weighted by Gasteiger charge is -2.14. The lowest BCUT2D eigenvalue weighted by atomic mass is 10.1. The van der Waals surface area contributed by atoms with Crippen LogP contribution in [-0.2, 0) is 6.61 Å². The maximum Gasteiger partial charge on any atom is 0.120 e. The van der Waals surface area contributed by atoms with E-state index in [1.54, 1.807) is 7.11 Å². The largest absolute Gasteiger partial charge is 0.497 e. The van der Waals surface area contributed by atoms with E-state index in [1.165, 1.54) is 5.56 Å². The molecule has 0 aromatic heterocycles. The lowest BCUT2D eigenvalue weighted by Crippen LogP contribution is -2.12. The van der Waals surface area contributed by atoms with Crippen LogP contribution in [0.2, 0.25) is 0 Å². The molecule has 2 aromatic rings.